The number of benzene rings is 1. The van der Waals surface area contributed by atoms with Crippen LogP contribution in [0.2, 0.25) is 5.15 Å². The topological polar surface area (TPSA) is 55.1 Å². The SMILES string of the molecule is CCc1ccccc1-n1nc(CC)c(C(=O)O)c1Cl. The first-order valence-electron chi connectivity index (χ1n) is 6.19. The Kier molecular flexibility index (Phi) is 3.90. The van der Waals surface area contributed by atoms with Gasteiger partial charge < -0.3 is 5.11 Å². The maximum absolute atomic E-state index is 11.3. The van der Waals surface area contributed by atoms with Gasteiger partial charge >= 0.3 is 5.97 Å². The number of carbonyl (C=O) groups is 1. The fraction of sp³-hybridized carbons (Fsp3) is 0.286. The van der Waals surface area contributed by atoms with E-state index in [1.165, 1.54) is 4.68 Å². The van der Waals surface area contributed by atoms with E-state index >= 15 is 0 Å². The van der Waals surface area contributed by atoms with Crippen molar-refractivity contribution in [3.8, 4) is 5.69 Å². The first-order valence-corrected chi connectivity index (χ1v) is 6.56. The summed E-state index contributed by atoms with van der Waals surface area (Å²) in [5.41, 5.74) is 2.50. The number of hydrogen-bond donors (Lipinski definition) is 1. The van der Waals surface area contributed by atoms with Crippen molar-refractivity contribution in [1.29, 1.82) is 0 Å². The Labute approximate surface area is 116 Å². The molecule has 1 aromatic carbocycles. The molecular formula is C14H15ClN2O2. The molecule has 1 aromatic heterocycles. The van der Waals surface area contributed by atoms with Crippen LogP contribution in [0.1, 0.15) is 35.5 Å². The van der Waals surface area contributed by atoms with E-state index in [9.17, 15) is 9.90 Å². The van der Waals surface area contributed by atoms with Gasteiger partial charge in [-0.2, -0.15) is 5.10 Å². The molecule has 0 unspecified atom stereocenters. The third-order valence-corrected chi connectivity index (χ3v) is 3.40. The van der Waals surface area contributed by atoms with E-state index in [1.807, 2.05) is 38.1 Å². The van der Waals surface area contributed by atoms with Crippen molar-refractivity contribution in [2.75, 3.05) is 0 Å². The predicted octanol–water partition coefficient (Wildman–Crippen LogP) is 3.35. The van der Waals surface area contributed by atoms with E-state index in [-0.39, 0.29) is 10.7 Å². The molecule has 19 heavy (non-hydrogen) atoms. The Bertz CT molecular complexity index is 620. The zero-order chi connectivity index (χ0) is 14.0. The molecule has 0 radical (unpaired) electrons. The van der Waals surface area contributed by atoms with Crippen molar-refractivity contribution in [2.45, 2.75) is 26.7 Å². The molecule has 0 aliphatic heterocycles. The van der Waals surface area contributed by atoms with Crippen molar-refractivity contribution in [3.63, 3.8) is 0 Å². The number of nitrogens with zero attached hydrogens (tertiary/aromatic N) is 2. The lowest BCUT2D eigenvalue weighted by molar-refractivity contribution is 0.0696. The second kappa shape index (κ2) is 5.45. The van der Waals surface area contributed by atoms with Crippen LogP contribution in [0, 0.1) is 0 Å². The van der Waals surface area contributed by atoms with Crippen LogP contribution in [0.4, 0.5) is 0 Å². The number of hydrogen-bond acceptors (Lipinski definition) is 2. The Morgan fingerprint density at radius 3 is 2.53 bits per heavy atom. The number of aromatic carboxylic acids is 1. The van der Waals surface area contributed by atoms with Gasteiger partial charge in [-0.05, 0) is 24.5 Å². The molecule has 2 aromatic rings. The molecule has 1 N–H and O–H groups in total. The quantitative estimate of drug-likeness (QED) is 0.933. The predicted molar refractivity (Wildman–Crippen MR) is 74.3 cm³/mol. The first-order chi connectivity index (χ1) is 9.10. The average molecular weight is 279 g/mol. The van der Waals surface area contributed by atoms with Gasteiger partial charge in [0.25, 0.3) is 0 Å². The van der Waals surface area contributed by atoms with Gasteiger partial charge in [0.15, 0.2) is 0 Å². The molecule has 0 saturated carbocycles. The highest BCUT2D eigenvalue weighted by molar-refractivity contribution is 6.33. The summed E-state index contributed by atoms with van der Waals surface area (Å²) in [6, 6.07) is 7.71. The number of rotatable bonds is 4. The van der Waals surface area contributed by atoms with Gasteiger partial charge in [0.1, 0.15) is 10.7 Å². The number of para-hydroxylation sites is 1. The summed E-state index contributed by atoms with van der Waals surface area (Å²) in [5, 5.41) is 13.7. The molecule has 0 atom stereocenters. The summed E-state index contributed by atoms with van der Waals surface area (Å²) in [6.45, 7) is 3.90. The molecule has 0 spiro atoms. The summed E-state index contributed by atoms with van der Waals surface area (Å²) < 4.78 is 1.52. The molecule has 5 heteroatoms. The molecule has 100 valence electrons. The van der Waals surface area contributed by atoms with E-state index in [0.717, 1.165) is 17.7 Å². The van der Waals surface area contributed by atoms with Crippen LogP contribution in [0.3, 0.4) is 0 Å². The zero-order valence-corrected chi connectivity index (χ0v) is 11.6. The van der Waals surface area contributed by atoms with Crippen LogP contribution in [0.25, 0.3) is 5.69 Å². The van der Waals surface area contributed by atoms with Gasteiger partial charge in [0, 0.05) is 0 Å². The van der Waals surface area contributed by atoms with Crippen LogP contribution >= 0.6 is 11.6 Å². The fourth-order valence-electron chi connectivity index (χ4n) is 2.07. The molecule has 0 amide bonds. The van der Waals surface area contributed by atoms with Gasteiger partial charge in [0.05, 0.1) is 11.4 Å². The molecular weight excluding hydrogens is 264 g/mol. The van der Waals surface area contributed by atoms with Gasteiger partial charge in [-0.15, -0.1) is 0 Å². The standard InChI is InChI=1S/C14H15ClN2O2/c1-3-9-7-5-6-8-11(9)17-13(15)12(14(18)19)10(4-2)16-17/h5-8H,3-4H2,1-2H3,(H,18,19). The highest BCUT2D eigenvalue weighted by atomic mass is 35.5. The maximum atomic E-state index is 11.3. The molecule has 4 nitrogen and oxygen atoms in total. The van der Waals surface area contributed by atoms with Crippen molar-refractivity contribution in [2.24, 2.45) is 0 Å². The molecule has 1 heterocycles. The van der Waals surface area contributed by atoms with Gasteiger partial charge in [-0.3, -0.25) is 0 Å². The summed E-state index contributed by atoms with van der Waals surface area (Å²) in [6.07, 6.45) is 1.36. The highest BCUT2D eigenvalue weighted by Crippen LogP contribution is 2.26. The largest absolute Gasteiger partial charge is 0.478 e. The fourth-order valence-corrected chi connectivity index (χ4v) is 2.39. The number of carboxylic acids is 1. The molecule has 0 bridgehead atoms. The molecule has 0 saturated heterocycles. The van der Waals surface area contributed by atoms with E-state index in [0.29, 0.717) is 12.1 Å². The van der Waals surface area contributed by atoms with Crippen molar-refractivity contribution in [3.05, 3.63) is 46.2 Å². The molecule has 0 fully saturated rings. The zero-order valence-electron chi connectivity index (χ0n) is 10.9. The van der Waals surface area contributed by atoms with Crippen molar-refractivity contribution >= 4 is 17.6 Å². The Morgan fingerprint density at radius 2 is 2.00 bits per heavy atom. The number of halogens is 1. The lowest BCUT2D eigenvalue weighted by atomic mass is 10.1. The molecule has 0 aliphatic carbocycles. The van der Waals surface area contributed by atoms with E-state index < -0.39 is 5.97 Å². The minimum Gasteiger partial charge on any atom is -0.478 e. The molecule has 2 rings (SSSR count). The Hall–Kier alpha value is -1.81. The van der Waals surface area contributed by atoms with Crippen LogP contribution in [-0.2, 0) is 12.8 Å². The van der Waals surface area contributed by atoms with Gasteiger partial charge in [0.2, 0.25) is 0 Å². The minimum atomic E-state index is -1.04. The number of carboxylic acid groups (broad SMARTS) is 1. The highest BCUT2D eigenvalue weighted by Gasteiger charge is 2.22. The second-order valence-electron chi connectivity index (χ2n) is 4.17. The Balaban J connectivity index is 2.67. The van der Waals surface area contributed by atoms with Gasteiger partial charge in [-0.25, -0.2) is 9.48 Å². The first kappa shape index (κ1) is 13.6. The van der Waals surface area contributed by atoms with Crippen LogP contribution in [-0.4, -0.2) is 20.9 Å². The monoisotopic (exact) mass is 278 g/mol. The second-order valence-corrected chi connectivity index (χ2v) is 4.52. The lowest BCUT2D eigenvalue weighted by Gasteiger charge is -2.08. The van der Waals surface area contributed by atoms with E-state index in [4.69, 9.17) is 11.6 Å². The normalized spacial score (nSPS) is 10.7. The summed E-state index contributed by atoms with van der Waals surface area (Å²) in [4.78, 5) is 11.3. The van der Waals surface area contributed by atoms with E-state index in [2.05, 4.69) is 5.10 Å². The van der Waals surface area contributed by atoms with E-state index in [1.54, 1.807) is 0 Å². The summed E-state index contributed by atoms with van der Waals surface area (Å²) in [5.74, 6) is -1.04. The lowest BCUT2D eigenvalue weighted by Crippen LogP contribution is -2.02. The third kappa shape index (κ3) is 2.36. The average Bonchev–Trinajstić information content (AvgIpc) is 2.75. The maximum Gasteiger partial charge on any atom is 0.340 e. The molecule has 0 aliphatic rings. The van der Waals surface area contributed by atoms with Crippen LogP contribution in [0.15, 0.2) is 24.3 Å². The summed E-state index contributed by atoms with van der Waals surface area (Å²) >= 11 is 6.19. The summed E-state index contributed by atoms with van der Waals surface area (Å²) in [7, 11) is 0. The number of aryl methyl sites for hydroxylation is 2. The van der Waals surface area contributed by atoms with Gasteiger partial charge in [-0.1, -0.05) is 43.6 Å². The van der Waals surface area contributed by atoms with Crippen molar-refractivity contribution in [1.82, 2.24) is 9.78 Å². The van der Waals surface area contributed by atoms with Crippen LogP contribution in [0.5, 0.6) is 0 Å². The van der Waals surface area contributed by atoms with Crippen molar-refractivity contribution < 1.29 is 9.90 Å². The van der Waals surface area contributed by atoms with Crippen LogP contribution < -0.4 is 0 Å². The third-order valence-electron chi connectivity index (χ3n) is 3.05. The number of aromatic nitrogens is 2. The minimum absolute atomic E-state index is 0.0927. The smallest absolute Gasteiger partial charge is 0.340 e. The Morgan fingerprint density at radius 1 is 1.32 bits per heavy atom.